The summed E-state index contributed by atoms with van der Waals surface area (Å²) < 4.78 is 1.90. The normalized spacial score (nSPS) is 14.7. The van der Waals surface area contributed by atoms with E-state index in [0.29, 0.717) is 10.0 Å². The minimum Gasteiger partial charge on any atom is -0.235 e. The van der Waals surface area contributed by atoms with Gasteiger partial charge in [-0.15, -0.1) is 0 Å². The Morgan fingerprint density at radius 1 is 1.18 bits per heavy atom. The zero-order valence-electron chi connectivity index (χ0n) is 9.21. The van der Waals surface area contributed by atoms with E-state index in [0.717, 1.165) is 18.5 Å². The Labute approximate surface area is 110 Å². The number of hydrogen-bond acceptors (Lipinski definition) is 1. The lowest BCUT2D eigenvalue weighted by molar-refractivity contribution is 0.653. The third-order valence-electron chi connectivity index (χ3n) is 3.12. The lowest BCUT2D eigenvalue weighted by Crippen LogP contribution is -2.08. The molecule has 1 radical (unpaired) electrons. The van der Waals surface area contributed by atoms with E-state index in [1.807, 2.05) is 16.8 Å². The third kappa shape index (κ3) is 1.96. The Morgan fingerprint density at radius 2 is 2.00 bits per heavy atom. The Balaban J connectivity index is 2.12. The van der Waals surface area contributed by atoms with E-state index < -0.39 is 0 Å². The number of hydrogen-bond donors (Lipinski definition) is 0. The van der Waals surface area contributed by atoms with Crippen molar-refractivity contribution in [3.05, 3.63) is 45.7 Å². The molecule has 0 aliphatic heterocycles. The highest BCUT2D eigenvalue weighted by molar-refractivity contribution is 6.35. The number of aromatic nitrogens is 2. The summed E-state index contributed by atoms with van der Waals surface area (Å²) in [5.74, 6) is 0. The van der Waals surface area contributed by atoms with Gasteiger partial charge in [0.05, 0.1) is 10.7 Å². The van der Waals surface area contributed by atoms with E-state index in [9.17, 15) is 0 Å². The minimum atomic E-state index is 0.627. The second-order valence-electron chi connectivity index (χ2n) is 4.25. The molecule has 2 aromatic rings. The van der Waals surface area contributed by atoms with Crippen LogP contribution in [0, 0.1) is 6.20 Å². The van der Waals surface area contributed by atoms with Crippen molar-refractivity contribution in [2.24, 2.45) is 0 Å². The molecular formula is C13H11Cl2N2. The molecule has 0 saturated heterocycles. The van der Waals surface area contributed by atoms with Crippen LogP contribution in [0.4, 0.5) is 0 Å². The van der Waals surface area contributed by atoms with Crippen molar-refractivity contribution in [2.45, 2.75) is 25.7 Å². The van der Waals surface area contributed by atoms with E-state index >= 15 is 0 Å². The number of nitrogens with zero attached hydrogens (tertiary/aromatic N) is 2. The Hall–Kier alpha value is -0.990. The van der Waals surface area contributed by atoms with E-state index in [1.165, 1.54) is 24.1 Å². The second kappa shape index (κ2) is 4.35. The van der Waals surface area contributed by atoms with Crippen LogP contribution in [0.25, 0.3) is 5.69 Å². The average molecular weight is 266 g/mol. The van der Waals surface area contributed by atoms with Crippen LogP contribution in [0.3, 0.4) is 0 Å². The second-order valence-corrected chi connectivity index (χ2v) is 5.10. The molecule has 0 saturated carbocycles. The Kier molecular flexibility index (Phi) is 2.85. The summed E-state index contributed by atoms with van der Waals surface area (Å²) >= 11 is 12.1. The highest BCUT2D eigenvalue weighted by atomic mass is 35.5. The van der Waals surface area contributed by atoms with Crippen LogP contribution in [0.15, 0.2) is 18.2 Å². The topological polar surface area (TPSA) is 17.8 Å². The Bertz CT molecular complexity index is 561. The van der Waals surface area contributed by atoms with Crippen molar-refractivity contribution in [3.8, 4) is 5.69 Å². The fourth-order valence-corrected chi connectivity index (χ4v) is 2.76. The first-order chi connectivity index (χ1) is 8.25. The van der Waals surface area contributed by atoms with Crippen LogP contribution >= 0.6 is 23.2 Å². The van der Waals surface area contributed by atoms with Crippen molar-refractivity contribution in [1.82, 2.24) is 9.78 Å². The summed E-state index contributed by atoms with van der Waals surface area (Å²) in [7, 11) is 0. The molecule has 1 aliphatic rings. The zero-order chi connectivity index (χ0) is 11.8. The van der Waals surface area contributed by atoms with Crippen molar-refractivity contribution < 1.29 is 0 Å². The predicted octanol–water partition coefficient (Wildman–Crippen LogP) is 3.86. The molecule has 1 aromatic carbocycles. The zero-order valence-corrected chi connectivity index (χ0v) is 10.7. The first-order valence-corrected chi connectivity index (χ1v) is 6.45. The largest absolute Gasteiger partial charge is 0.235 e. The molecule has 0 amide bonds. The van der Waals surface area contributed by atoms with Gasteiger partial charge < -0.3 is 0 Å². The number of halogens is 2. The fourth-order valence-electron chi connectivity index (χ4n) is 2.27. The summed E-state index contributed by atoms with van der Waals surface area (Å²) in [6.45, 7) is 0. The van der Waals surface area contributed by atoms with Crippen molar-refractivity contribution in [3.63, 3.8) is 0 Å². The van der Waals surface area contributed by atoms with Gasteiger partial charge in [0.15, 0.2) is 0 Å². The smallest absolute Gasteiger partial charge is 0.117 e. The van der Waals surface area contributed by atoms with Crippen molar-refractivity contribution in [2.75, 3.05) is 0 Å². The van der Waals surface area contributed by atoms with Gasteiger partial charge in [0.25, 0.3) is 0 Å². The number of fused-ring (bicyclic) bond motifs is 1. The molecule has 2 nitrogen and oxygen atoms in total. The summed E-state index contributed by atoms with van der Waals surface area (Å²) in [6, 6.07) is 5.48. The van der Waals surface area contributed by atoms with Gasteiger partial charge >= 0.3 is 0 Å². The van der Waals surface area contributed by atoms with Crippen LogP contribution in [0.1, 0.15) is 24.1 Å². The van der Waals surface area contributed by atoms with E-state index in [1.54, 1.807) is 6.07 Å². The molecule has 0 fully saturated rings. The summed E-state index contributed by atoms with van der Waals surface area (Å²) in [6.07, 6.45) is 7.64. The molecule has 0 N–H and O–H groups in total. The molecule has 1 aromatic heterocycles. The van der Waals surface area contributed by atoms with Gasteiger partial charge in [-0.25, -0.2) is 4.68 Å². The maximum Gasteiger partial charge on any atom is 0.117 e. The fraction of sp³-hybridized carbons (Fsp3) is 0.308. The monoisotopic (exact) mass is 265 g/mol. The molecule has 3 rings (SSSR count). The lowest BCUT2D eigenvalue weighted by atomic mass is 9.98. The van der Waals surface area contributed by atoms with Crippen molar-refractivity contribution in [1.29, 1.82) is 0 Å². The van der Waals surface area contributed by atoms with Crippen LogP contribution in [0.2, 0.25) is 10.0 Å². The van der Waals surface area contributed by atoms with Crippen LogP contribution in [0.5, 0.6) is 0 Å². The molecule has 0 unspecified atom stereocenters. The first kappa shape index (κ1) is 11.1. The lowest BCUT2D eigenvalue weighted by Gasteiger charge is -2.14. The highest BCUT2D eigenvalue weighted by Gasteiger charge is 2.17. The molecular weight excluding hydrogens is 255 g/mol. The van der Waals surface area contributed by atoms with Gasteiger partial charge in [-0.3, -0.25) is 0 Å². The van der Waals surface area contributed by atoms with Gasteiger partial charge in [0, 0.05) is 16.3 Å². The molecule has 0 bridgehead atoms. The van der Waals surface area contributed by atoms with Crippen molar-refractivity contribution >= 4 is 23.2 Å². The van der Waals surface area contributed by atoms with Gasteiger partial charge in [-0.1, -0.05) is 23.2 Å². The maximum absolute atomic E-state index is 6.20. The molecule has 0 atom stereocenters. The average Bonchev–Trinajstić information content (AvgIpc) is 2.73. The summed E-state index contributed by atoms with van der Waals surface area (Å²) in [4.78, 5) is 0. The summed E-state index contributed by atoms with van der Waals surface area (Å²) in [5.41, 5.74) is 3.35. The van der Waals surface area contributed by atoms with Gasteiger partial charge in [0.1, 0.15) is 6.20 Å². The highest BCUT2D eigenvalue weighted by Crippen LogP contribution is 2.28. The van der Waals surface area contributed by atoms with Gasteiger partial charge in [-0.2, -0.15) is 5.10 Å². The first-order valence-electron chi connectivity index (χ1n) is 5.69. The molecule has 87 valence electrons. The minimum absolute atomic E-state index is 0.627. The standard InChI is InChI=1S/C13H11Cl2N2/c14-10-5-6-13(11(15)7-10)17-12-4-2-1-3-9(12)8-16-17/h5-7H,1-4H2. The number of aryl methyl sites for hydroxylation is 1. The summed E-state index contributed by atoms with van der Waals surface area (Å²) in [5, 5.41) is 5.59. The molecule has 1 aliphatic carbocycles. The SMILES string of the molecule is Clc1ccc(-n2n[c]c3c2CCCC3)c(Cl)c1. The van der Waals surface area contributed by atoms with E-state index in [-0.39, 0.29) is 0 Å². The molecule has 1 heterocycles. The number of rotatable bonds is 1. The maximum atomic E-state index is 6.20. The van der Waals surface area contributed by atoms with Gasteiger partial charge in [-0.05, 0) is 43.9 Å². The predicted molar refractivity (Wildman–Crippen MR) is 69.1 cm³/mol. The van der Waals surface area contributed by atoms with E-state index in [2.05, 4.69) is 11.3 Å². The number of benzene rings is 1. The Morgan fingerprint density at radius 3 is 2.82 bits per heavy atom. The van der Waals surface area contributed by atoms with Crippen LogP contribution in [-0.4, -0.2) is 9.78 Å². The molecule has 17 heavy (non-hydrogen) atoms. The quantitative estimate of drug-likeness (QED) is 0.766. The van der Waals surface area contributed by atoms with E-state index in [4.69, 9.17) is 23.2 Å². The molecule has 0 spiro atoms. The van der Waals surface area contributed by atoms with Gasteiger partial charge in [0.2, 0.25) is 0 Å². The third-order valence-corrected chi connectivity index (χ3v) is 3.66. The van der Waals surface area contributed by atoms with Crippen LogP contribution in [-0.2, 0) is 12.8 Å². The molecule has 4 heteroatoms. The van der Waals surface area contributed by atoms with Crippen LogP contribution < -0.4 is 0 Å².